The van der Waals surface area contributed by atoms with E-state index in [-0.39, 0.29) is 17.9 Å². The molecule has 1 aliphatic rings. The lowest BCUT2D eigenvalue weighted by molar-refractivity contribution is -0.122. The molecule has 3 heterocycles. The molecule has 1 fully saturated rings. The molecule has 4 rings (SSSR count). The van der Waals surface area contributed by atoms with Crippen LogP contribution >= 0.6 is 11.3 Å². The van der Waals surface area contributed by atoms with Gasteiger partial charge in [0, 0.05) is 24.9 Å². The number of anilines is 1. The van der Waals surface area contributed by atoms with Crippen LogP contribution in [-0.4, -0.2) is 46.0 Å². The molecule has 150 valence electrons. The number of likely N-dealkylation sites (tertiary alicyclic amines) is 1. The van der Waals surface area contributed by atoms with Crippen LogP contribution in [0, 0.1) is 13.8 Å². The number of carbonyl (C=O) groups excluding carboxylic acids is 2. The number of hydrogen-bond donors (Lipinski definition) is 2. The van der Waals surface area contributed by atoms with Gasteiger partial charge < -0.3 is 16.0 Å². The van der Waals surface area contributed by atoms with Crippen molar-refractivity contribution in [3.05, 3.63) is 52.0 Å². The number of fused-ring (bicyclic) bond motifs is 1. The van der Waals surface area contributed by atoms with Crippen LogP contribution in [0.1, 0.15) is 32.9 Å². The van der Waals surface area contributed by atoms with Crippen molar-refractivity contribution in [1.29, 1.82) is 0 Å². The van der Waals surface area contributed by atoms with Crippen molar-refractivity contribution in [2.45, 2.75) is 32.7 Å². The normalized spacial score (nSPS) is 14.1. The van der Waals surface area contributed by atoms with Gasteiger partial charge in [-0.05, 0) is 31.4 Å². The summed E-state index contributed by atoms with van der Waals surface area (Å²) in [4.78, 5) is 27.9. The van der Waals surface area contributed by atoms with Crippen LogP contribution in [0.15, 0.2) is 30.3 Å². The van der Waals surface area contributed by atoms with Gasteiger partial charge in [-0.25, -0.2) is 0 Å². The fourth-order valence-corrected chi connectivity index (χ4v) is 4.55. The number of thiophene rings is 1. The summed E-state index contributed by atoms with van der Waals surface area (Å²) in [5.41, 5.74) is 9.64. The molecule has 0 bridgehead atoms. The monoisotopic (exact) mass is 409 g/mol. The van der Waals surface area contributed by atoms with Crippen molar-refractivity contribution < 1.29 is 9.59 Å². The third-order valence-corrected chi connectivity index (χ3v) is 6.42. The average Bonchev–Trinajstić information content (AvgIpc) is 3.03. The van der Waals surface area contributed by atoms with E-state index >= 15 is 0 Å². The molecule has 0 saturated carbocycles. The highest BCUT2D eigenvalue weighted by Gasteiger charge is 2.34. The summed E-state index contributed by atoms with van der Waals surface area (Å²) in [7, 11) is 0. The van der Waals surface area contributed by atoms with Crippen LogP contribution in [0.4, 0.5) is 5.69 Å². The molecule has 0 radical (unpaired) electrons. The van der Waals surface area contributed by atoms with Crippen LogP contribution in [0.3, 0.4) is 0 Å². The Bertz CT molecular complexity index is 1070. The van der Waals surface area contributed by atoms with E-state index in [1.165, 1.54) is 11.3 Å². The molecule has 0 unspecified atom stereocenters. The van der Waals surface area contributed by atoms with Crippen molar-refractivity contribution in [1.82, 2.24) is 20.4 Å². The van der Waals surface area contributed by atoms with Gasteiger partial charge in [0.2, 0.25) is 5.91 Å². The Balaban J connectivity index is 1.33. The van der Waals surface area contributed by atoms with Gasteiger partial charge in [-0.15, -0.1) is 16.4 Å². The van der Waals surface area contributed by atoms with Gasteiger partial charge in [-0.1, -0.05) is 30.3 Å². The molecular weight excluding hydrogens is 386 g/mol. The second kappa shape index (κ2) is 7.79. The summed E-state index contributed by atoms with van der Waals surface area (Å²) in [6.07, 6.45) is 1.15. The number of benzene rings is 1. The van der Waals surface area contributed by atoms with E-state index in [1.54, 1.807) is 4.90 Å². The predicted molar refractivity (Wildman–Crippen MR) is 114 cm³/mol. The summed E-state index contributed by atoms with van der Waals surface area (Å²) < 4.78 is 0. The first-order chi connectivity index (χ1) is 13.9. The SMILES string of the molecule is Cc1nnc2sc(C(=O)N3CC(NC(=O)CCc4ccccc4)C3)c(N)c2c1C. The second-order valence-electron chi connectivity index (χ2n) is 7.40. The maximum atomic E-state index is 12.9. The zero-order chi connectivity index (χ0) is 20.5. The van der Waals surface area contributed by atoms with E-state index < -0.39 is 0 Å². The molecule has 2 aromatic heterocycles. The van der Waals surface area contributed by atoms with Crippen LogP contribution in [0.25, 0.3) is 10.2 Å². The molecule has 1 aromatic carbocycles. The van der Waals surface area contributed by atoms with E-state index in [9.17, 15) is 9.59 Å². The van der Waals surface area contributed by atoms with Gasteiger partial charge in [-0.3, -0.25) is 9.59 Å². The largest absolute Gasteiger partial charge is 0.397 e. The lowest BCUT2D eigenvalue weighted by Gasteiger charge is -2.39. The summed E-state index contributed by atoms with van der Waals surface area (Å²) in [6, 6.07) is 9.91. The molecule has 0 spiro atoms. The number of rotatable bonds is 5. The quantitative estimate of drug-likeness (QED) is 0.674. The van der Waals surface area contributed by atoms with E-state index in [2.05, 4.69) is 15.5 Å². The Morgan fingerprint density at radius 3 is 2.66 bits per heavy atom. The Kier molecular flexibility index (Phi) is 5.19. The minimum absolute atomic E-state index is 0.00806. The molecule has 3 aromatic rings. The first-order valence-electron chi connectivity index (χ1n) is 9.58. The Morgan fingerprint density at radius 1 is 1.21 bits per heavy atom. The number of nitrogen functional groups attached to an aromatic ring is 1. The topological polar surface area (TPSA) is 101 Å². The van der Waals surface area contributed by atoms with Gasteiger partial charge in [-0.2, -0.15) is 5.10 Å². The van der Waals surface area contributed by atoms with E-state index in [1.807, 2.05) is 44.2 Å². The maximum Gasteiger partial charge on any atom is 0.266 e. The van der Waals surface area contributed by atoms with Crippen LogP contribution < -0.4 is 11.1 Å². The predicted octanol–water partition coefficient (Wildman–Crippen LogP) is 2.46. The molecule has 1 saturated heterocycles. The van der Waals surface area contributed by atoms with Crippen molar-refractivity contribution in [3.63, 3.8) is 0 Å². The van der Waals surface area contributed by atoms with Gasteiger partial charge in [0.25, 0.3) is 5.91 Å². The first kappa shape index (κ1) is 19.3. The van der Waals surface area contributed by atoms with Gasteiger partial charge in [0.15, 0.2) is 0 Å². The molecule has 1 aliphatic heterocycles. The van der Waals surface area contributed by atoms with Gasteiger partial charge in [0.05, 0.1) is 17.4 Å². The van der Waals surface area contributed by atoms with E-state index in [4.69, 9.17) is 5.73 Å². The molecule has 0 atom stereocenters. The van der Waals surface area contributed by atoms with Crippen LogP contribution in [0.2, 0.25) is 0 Å². The highest BCUT2D eigenvalue weighted by atomic mass is 32.1. The minimum Gasteiger partial charge on any atom is -0.397 e. The molecule has 7 nitrogen and oxygen atoms in total. The zero-order valence-corrected chi connectivity index (χ0v) is 17.3. The smallest absolute Gasteiger partial charge is 0.266 e. The fourth-order valence-electron chi connectivity index (χ4n) is 3.48. The van der Waals surface area contributed by atoms with Gasteiger partial charge >= 0.3 is 0 Å². The third-order valence-electron chi connectivity index (χ3n) is 5.35. The van der Waals surface area contributed by atoms with Crippen molar-refractivity contribution in [2.75, 3.05) is 18.8 Å². The van der Waals surface area contributed by atoms with Crippen molar-refractivity contribution in [2.24, 2.45) is 0 Å². The number of aryl methyl sites for hydroxylation is 3. The highest BCUT2D eigenvalue weighted by molar-refractivity contribution is 7.21. The maximum absolute atomic E-state index is 12.9. The zero-order valence-electron chi connectivity index (χ0n) is 16.4. The fraction of sp³-hybridized carbons (Fsp3) is 0.333. The third kappa shape index (κ3) is 3.80. The first-order valence-corrected chi connectivity index (χ1v) is 10.4. The molecule has 8 heteroatoms. The van der Waals surface area contributed by atoms with E-state index in [0.29, 0.717) is 41.3 Å². The van der Waals surface area contributed by atoms with Crippen molar-refractivity contribution >= 4 is 39.1 Å². The standard InChI is InChI=1S/C21H23N5O2S/c1-12-13(2)24-25-20-17(12)18(22)19(29-20)21(28)26-10-15(11-26)23-16(27)9-8-14-6-4-3-5-7-14/h3-7,15H,8-11,22H2,1-2H3,(H,23,27). The number of carbonyl (C=O) groups is 2. The summed E-state index contributed by atoms with van der Waals surface area (Å²) in [6.45, 7) is 4.80. The van der Waals surface area contributed by atoms with Crippen molar-refractivity contribution in [3.8, 4) is 0 Å². The average molecular weight is 410 g/mol. The Morgan fingerprint density at radius 2 is 1.93 bits per heavy atom. The van der Waals surface area contributed by atoms with Gasteiger partial charge in [0.1, 0.15) is 9.71 Å². The summed E-state index contributed by atoms with van der Waals surface area (Å²) in [5, 5.41) is 12.1. The lowest BCUT2D eigenvalue weighted by atomic mass is 10.1. The molecule has 3 N–H and O–H groups in total. The number of nitrogens with one attached hydrogen (secondary N) is 1. The van der Waals surface area contributed by atoms with Crippen LogP contribution in [-0.2, 0) is 11.2 Å². The summed E-state index contributed by atoms with van der Waals surface area (Å²) in [5.74, 6) is -0.106. The highest BCUT2D eigenvalue weighted by Crippen LogP contribution is 2.36. The molecular formula is C21H23N5O2S. The Labute approximate surface area is 172 Å². The van der Waals surface area contributed by atoms with E-state index in [0.717, 1.165) is 22.2 Å². The molecule has 0 aliphatic carbocycles. The number of aromatic nitrogens is 2. The number of nitrogens with two attached hydrogens (primary N) is 1. The Hall–Kier alpha value is -3.00. The molecule has 29 heavy (non-hydrogen) atoms. The number of amides is 2. The minimum atomic E-state index is -0.114. The summed E-state index contributed by atoms with van der Waals surface area (Å²) >= 11 is 1.28. The second-order valence-corrected chi connectivity index (χ2v) is 8.39. The van der Waals surface area contributed by atoms with Crippen LogP contribution in [0.5, 0.6) is 0 Å². The number of hydrogen-bond acceptors (Lipinski definition) is 6. The number of nitrogens with zero attached hydrogens (tertiary/aromatic N) is 3. The molecule has 2 amide bonds. The lowest BCUT2D eigenvalue weighted by Crippen LogP contribution is -2.60.